The first-order valence-corrected chi connectivity index (χ1v) is 18.4. The van der Waals surface area contributed by atoms with E-state index >= 15 is 0 Å². The summed E-state index contributed by atoms with van der Waals surface area (Å²) in [6.07, 6.45) is 0. The van der Waals surface area contributed by atoms with Crippen molar-refractivity contribution in [3.05, 3.63) is 194 Å². The summed E-state index contributed by atoms with van der Waals surface area (Å²) < 4.78 is 8.92. The lowest BCUT2D eigenvalue weighted by Gasteiger charge is -2.22. The number of hydrogen-bond acceptors (Lipinski definition) is 2. The van der Waals surface area contributed by atoms with Crippen LogP contribution in [0.5, 0.6) is 11.5 Å². The molecular formula is C51H32N2O. The molecule has 9 aromatic carbocycles. The summed E-state index contributed by atoms with van der Waals surface area (Å²) in [5, 5.41) is 4.90. The molecule has 0 bridgehead atoms. The zero-order chi connectivity index (χ0) is 35.6. The third-order valence-electron chi connectivity index (χ3n) is 10.8. The topological polar surface area (TPSA) is 27.1 Å². The maximum Gasteiger partial charge on any atom is 0.153 e. The second-order valence-electron chi connectivity index (χ2n) is 13.9. The van der Waals surface area contributed by atoms with E-state index in [1.807, 2.05) is 18.2 Å². The number of nitrogens with zero attached hydrogens (tertiary/aromatic N) is 2. The highest BCUT2D eigenvalue weighted by Gasteiger charge is 2.26. The smallest absolute Gasteiger partial charge is 0.153 e. The van der Waals surface area contributed by atoms with Crippen LogP contribution >= 0.6 is 0 Å². The molecule has 0 saturated heterocycles. The Morgan fingerprint density at radius 3 is 1.67 bits per heavy atom. The van der Waals surface area contributed by atoms with Gasteiger partial charge in [0, 0.05) is 5.56 Å². The summed E-state index contributed by atoms with van der Waals surface area (Å²) in [5.74, 6) is 2.52. The summed E-state index contributed by atoms with van der Waals surface area (Å²) in [7, 11) is 0. The van der Waals surface area contributed by atoms with E-state index in [1.54, 1.807) is 0 Å². The largest absolute Gasteiger partial charge is 0.453 e. The summed E-state index contributed by atoms with van der Waals surface area (Å²) in [4.78, 5) is 5.07. The van der Waals surface area contributed by atoms with Gasteiger partial charge in [0.15, 0.2) is 11.5 Å². The lowest BCUT2D eigenvalue weighted by atomic mass is 9.84. The molecule has 2 heterocycles. The van der Waals surface area contributed by atoms with Crippen LogP contribution in [0, 0.1) is 0 Å². The molecule has 11 rings (SSSR count). The van der Waals surface area contributed by atoms with Gasteiger partial charge in [-0.1, -0.05) is 158 Å². The Labute approximate surface area is 313 Å². The number of ether oxygens (including phenoxy) is 1. The van der Waals surface area contributed by atoms with Gasteiger partial charge in [-0.25, -0.2) is 4.98 Å². The average molecular weight is 689 g/mol. The van der Waals surface area contributed by atoms with E-state index in [2.05, 4.69) is 180 Å². The van der Waals surface area contributed by atoms with E-state index in [-0.39, 0.29) is 0 Å². The number of fused-ring (bicyclic) bond motifs is 4. The van der Waals surface area contributed by atoms with Gasteiger partial charge >= 0.3 is 0 Å². The molecule has 0 atom stereocenters. The van der Waals surface area contributed by atoms with Crippen LogP contribution in [0.4, 0.5) is 0 Å². The summed E-state index contributed by atoms with van der Waals surface area (Å²) in [6.45, 7) is 0. The molecule has 0 N–H and O–H groups in total. The zero-order valence-electron chi connectivity index (χ0n) is 29.3. The van der Waals surface area contributed by atoms with E-state index in [0.717, 1.165) is 50.7 Å². The van der Waals surface area contributed by atoms with Crippen molar-refractivity contribution in [1.29, 1.82) is 0 Å². The summed E-state index contributed by atoms with van der Waals surface area (Å²) in [5.41, 5.74) is 13.5. The van der Waals surface area contributed by atoms with Crippen LogP contribution in [0.15, 0.2) is 194 Å². The van der Waals surface area contributed by atoms with E-state index in [0.29, 0.717) is 0 Å². The standard InChI is InChI=1S/C51H32N2O/c1-4-14-33(15-5-1)36-20-12-21-39(30-36)49-41-23-11-10-22-40(41)48(34-16-6-2-7-17-34)42-28-26-37(31-43(42)49)38-27-29-45-47(32-38)54-46-25-13-24-44-50(46)53(45)51(52-44)35-18-8-3-9-19-35/h1-32H. The highest BCUT2D eigenvalue weighted by molar-refractivity contribution is 6.22. The van der Waals surface area contributed by atoms with E-state index in [9.17, 15) is 0 Å². The Morgan fingerprint density at radius 2 is 0.907 bits per heavy atom. The van der Waals surface area contributed by atoms with Gasteiger partial charge in [0.05, 0.1) is 11.2 Å². The predicted octanol–water partition coefficient (Wildman–Crippen LogP) is 13.8. The fourth-order valence-electron chi connectivity index (χ4n) is 8.34. The molecular weight excluding hydrogens is 657 g/mol. The molecule has 0 fully saturated rings. The number of rotatable bonds is 5. The third kappa shape index (κ3) is 4.79. The van der Waals surface area contributed by atoms with Crippen molar-refractivity contribution in [3.8, 4) is 73.1 Å². The molecule has 1 aromatic heterocycles. The van der Waals surface area contributed by atoms with Crippen LogP contribution in [0.1, 0.15) is 0 Å². The predicted molar refractivity (Wildman–Crippen MR) is 223 cm³/mol. The molecule has 54 heavy (non-hydrogen) atoms. The molecule has 0 amide bonds. The Hall–Kier alpha value is -7.23. The molecule has 10 aromatic rings. The second kappa shape index (κ2) is 12.2. The summed E-state index contributed by atoms with van der Waals surface area (Å²) in [6, 6.07) is 69.3. The summed E-state index contributed by atoms with van der Waals surface area (Å²) >= 11 is 0. The zero-order valence-corrected chi connectivity index (χ0v) is 29.3. The molecule has 3 heteroatoms. The minimum atomic E-state index is 0.807. The Bertz CT molecular complexity index is 3060. The molecule has 0 aliphatic carbocycles. The van der Waals surface area contributed by atoms with Crippen molar-refractivity contribution in [1.82, 2.24) is 9.55 Å². The Morgan fingerprint density at radius 1 is 0.352 bits per heavy atom. The number of hydrogen-bond donors (Lipinski definition) is 0. The highest BCUT2D eigenvalue weighted by atomic mass is 16.5. The molecule has 252 valence electrons. The first-order valence-electron chi connectivity index (χ1n) is 18.4. The van der Waals surface area contributed by atoms with Gasteiger partial charge in [0.2, 0.25) is 0 Å². The minimum absolute atomic E-state index is 0.807. The molecule has 1 aliphatic heterocycles. The number of imidazole rings is 1. The Balaban J connectivity index is 1.14. The van der Waals surface area contributed by atoms with Crippen molar-refractivity contribution in [2.24, 2.45) is 0 Å². The van der Waals surface area contributed by atoms with Gasteiger partial charge in [-0.2, -0.15) is 0 Å². The quantitative estimate of drug-likeness (QED) is 0.168. The maximum absolute atomic E-state index is 6.67. The normalized spacial score (nSPS) is 11.9. The fraction of sp³-hybridized carbons (Fsp3) is 0. The lowest BCUT2D eigenvalue weighted by Crippen LogP contribution is -2.06. The van der Waals surface area contributed by atoms with Gasteiger partial charge < -0.3 is 4.74 Å². The first-order chi connectivity index (χ1) is 26.8. The SMILES string of the molecule is c1ccc(-c2cccc(-c3c4ccccc4c(-c4ccccc4)c4ccc(-c5ccc6c(c5)Oc5cccc7nc(-c8ccccc8)n-6c57)cc34)c2)cc1. The maximum atomic E-state index is 6.67. The lowest BCUT2D eigenvalue weighted by molar-refractivity contribution is 0.476. The van der Waals surface area contributed by atoms with Crippen LogP contribution in [0.3, 0.4) is 0 Å². The van der Waals surface area contributed by atoms with Crippen molar-refractivity contribution >= 4 is 32.6 Å². The van der Waals surface area contributed by atoms with Crippen LogP contribution in [-0.4, -0.2) is 9.55 Å². The van der Waals surface area contributed by atoms with Gasteiger partial charge in [0.1, 0.15) is 11.3 Å². The van der Waals surface area contributed by atoms with Crippen molar-refractivity contribution in [2.45, 2.75) is 0 Å². The van der Waals surface area contributed by atoms with Crippen molar-refractivity contribution in [2.75, 3.05) is 0 Å². The second-order valence-corrected chi connectivity index (χ2v) is 13.9. The third-order valence-corrected chi connectivity index (χ3v) is 10.8. The van der Waals surface area contributed by atoms with Crippen molar-refractivity contribution in [3.63, 3.8) is 0 Å². The monoisotopic (exact) mass is 688 g/mol. The first kappa shape index (κ1) is 30.4. The molecule has 1 aliphatic rings. The number of para-hydroxylation sites is 1. The fourth-order valence-corrected chi connectivity index (χ4v) is 8.34. The van der Waals surface area contributed by atoms with Gasteiger partial charge in [-0.15, -0.1) is 0 Å². The van der Waals surface area contributed by atoms with Crippen LogP contribution in [0.25, 0.3) is 94.2 Å². The van der Waals surface area contributed by atoms with Crippen molar-refractivity contribution < 1.29 is 4.74 Å². The van der Waals surface area contributed by atoms with E-state index < -0.39 is 0 Å². The van der Waals surface area contributed by atoms with Crippen LogP contribution in [-0.2, 0) is 0 Å². The van der Waals surface area contributed by atoms with Crippen LogP contribution < -0.4 is 4.74 Å². The molecule has 0 saturated carbocycles. The molecule has 0 unspecified atom stereocenters. The average Bonchev–Trinajstić information content (AvgIpc) is 3.64. The Kier molecular flexibility index (Phi) is 6.86. The van der Waals surface area contributed by atoms with Gasteiger partial charge in [-0.05, 0) is 102 Å². The molecule has 0 radical (unpaired) electrons. The van der Waals surface area contributed by atoms with E-state index in [1.165, 1.54) is 54.9 Å². The molecule has 0 spiro atoms. The van der Waals surface area contributed by atoms with Gasteiger partial charge in [-0.3, -0.25) is 4.57 Å². The minimum Gasteiger partial charge on any atom is -0.453 e. The van der Waals surface area contributed by atoms with Crippen LogP contribution in [0.2, 0.25) is 0 Å². The number of benzene rings is 9. The van der Waals surface area contributed by atoms with Gasteiger partial charge in [0.25, 0.3) is 0 Å². The van der Waals surface area contributed by atoms with E-state index in [4.69, 9.17) is 9.72 Å². The highest BCUT2D eigenvalue weighted by Crippen LogP contribution is 2.47. The molecule has 3 nitrogen and oxygen atoms in total. The number of aromatic nitrogens is 2.